The minimum Gasteiger partial charge on any atom is -0.493 e. The van der Waals surface area contributed by atoms with Crippen molar-refractivity contribution in [1.82, 2.24) is 4.98 Å². The van der Waals surface area contributed by atoms with Crippen LogP contribution in [0, 0.1) is 36.5 Å². The molecular weight excluding hydrogens is 616 g/mol. The van der Waals surface area contributed by atoms with Gasteiger partial charge in [0.25, 0.3) is 0 Å². The number of hydrogen-bond donors (Lipinski definition) is 1. The number of benzene rings is 3. The fourth-order valence-corrected chi connectivity index (χ4v) is 11.2. The molecule has 8 rings (SSSR count). The van der Waals surface area contributed by atoms with Crippen molar-refractivity contribution < 1.29 is 19.1 Å². The van der Waals surface area contributed by atoms with E-state index in [1.54, 1.807) is 18.9 Å². The molecule has 10 heteroatoms. The summed E-state index contributed by atoms with van der Waals surface area (Å²) in [6.45, 7) is 2.33. The largest absolute Gasteiger partial charge is 0.493 e. The number of imide groups is 1. The number of carbonyl (C=O) groups excluding carboxylic acids is 2. The van der Waals surface area contributed by atoms with Gasteiger partial charge in [0.05, 0.1) is 29.7 Å². The highest BCUT2D eigenvalue weighted by Gasteiger charge is 2.69. The first-order chi connectivity index (χ1) is 21.3. The van der Waals surface area contributed by atoms with Crippen molar-refractivity contribution in [1.29, 1.82) is 0 Å². The van der Waals surface area contributed by atoms with Crippen LogP contribution in [0.1, 0.15) is 33.9 Å². The van der Waals surface area contributed by atoms with Crippen molar-refractivity contribution in [2.45, 2.75) is 36.1 Å². The second kappa shape index (κ2) is 10.5. The molecule has 2 aliphatic carbocycles. The van der Waals surface area contributed by atoms with E-state index >= 15 is 0 Å². The summed E-state index contributed by atoms with van der Waals surface area (Å²) >= 11 is 9.08. The number of thioether (sulfide) groups is 1. The molecule has 4 aliphatic rings. The summed E-state index contributed by atoms with van der Waals surface area (Å²) in [4.78, 5) is 45.9. The van der Waals surface area contributed by atoms with Crippen LogP contribution in [0.2, 0.25) is 5.02 Å². The first kappa shape index (κ1) is 28.0. The molecule has 3 fully saturated rings. The number of nitrogens with zero attached hydrogens (tertiary/aromatic N) is 1. The zero-order chi connectivity index (χ0) is 30.3. The van der Waals surface area contributed by atoms with E-state index < -0.39 is 0 Å². The predicted octanol–water partition coefficient (Wildman–Crippen LogP) is 6.66. The van der Waals surface area contributed by atoms with E-state index in [2.05, 4.69) is 4.98 Å². The minimum atomic E-state index is -0.349. The van der Waals surface area contributed by atoms with E-state index in [0.29, 0.717) is 28.8 Å². The number of ether oxygens (including phenoxy) is 2. The van der Waals surface area contributed by atoms with Gasteiger partial charge < -0.3 is 14.5 Å². The topological polar surface area (TPSA) is 88.7 Å². The Labute approximate surface area is 267 Å². The lowest BCUT2D eigenvalue weighted by atomic mass is 9.68. The number of rotatable bonds is 6. The van der Waals surface area contributed by atoms with Gasteiger partial charge in [-0.3, -0.25) is 19.3 Å². The summed E-state index contributed by atoms with van der Waals surface area (Å²) in [5.74, 6) is 0.452. The van der Waals surface area contributed by atoms with Gasteiger partial charge in [0.15, 0.2) is 11.5 Å². The third-order valence-electron chi connectivity index (χ3n) is 9.85. The average Bonchev–Trinajstić information content (AvgIpc) is 3.75. The van der Waals surface area contributed by atoms with Crippen molar-refractivity contribution in [3.63, 3.8) is 0 Å². The van der Waals surface area contributed by atoms with Crippen LogP contribution in [-0.2, 0) is 16.2 Å². The molecule has 1 aromatic heterocycles. The Morgan fingerprint density at radius 3 is 2.48 bits per heavy atom. The Bertz CT molecular complexity index is 1870. The molecule has 2 amide bonds. The number of aryl methyl sites for hydroxylation is 1. The normalized spacial score (nSPS) is 28.2. The minimum absolute atomic E-state index is 0.0366. The molecular formula is C34H29ClN2O5S2. The maximum absolute atomic E-state index is 14.0. The van der Waals surface area contributed by atoms with Crippen molar-refractivity contribution in [3.8, 4) is 11.5 Å². The second-order valence-corrected chi connectivity index (χ2v) is 14.8. The maximum Gasteiger partial charge on any atom is 0.305 e. The number of carbonyl (C=O) groups is 2. The molecule has 2 aliphatic heterocycles. The maximum atomic E-state index is 14.0. The predicted molar refractivity (Wildman–Crippen MR) is 171 cm³/mol. The summed E-state index contributed by atoms with van der Waals surface area (Å²) in [5.41, 5.74) is 3.69. The molecule has 2 bridgehead atoms. The fourth-order valence-electron chi connectivity index (χ4n) is 8.12. The van der Waals surface area contributed by atoms with Gasteiger partial charge in [-0.05, 0) is 78.6 Å². The van der Waals surface area contributed by atoms with Gasteiger partial charge >= 0.3 is 4.87 Å². The molecule has 3 aromatic carbocycles. The first-order valence-corrected chi connectivity index (χ1v) is 16.8. The molecule has 44 heavy (non-hydrogen) atoms. The third-order valence-corrected chi connectivity index (χ3v) is 12.7. The summed E-state index contributed by atoms with van der Waals surface area (Å²) in [6, 6.07) is 21.1. The van der Waals surface area contributed by atoms with Crippen LogP contribution in [0.3, 0.4) is 0 Å². The van der Waals surface area contributed by atoms with Gasteiger partial charge in [-0.1, -0.05) is 58.8 Å². The van der Waals surface area contributed by atoms with E-state index in [0.717, 1.165) is 33.0 Å². The molecule has 7 nitrogen and oxygen atoms in total. The SMILES string of the molecule is COc1cc([C@@H]2c3sc(=O)[nH]c3S[C@@H]3[C@@H]4C[C@@H]([C@@H]5C(=O)N(c6ccc(C)cc6)C(=O)[C@@H]45)[C@@H]23)ccc1OCc1cccc(Cl)c1. The molecule has 3 heterocycles. The summed E-state index contributed by atoms with van der Waals surface area (Å²) < 4.78 is 11.9. The zero-order valence-electron chi connectivity index (χ0n) is 24.0. The molecule has 0 radical (unpaired) electrons. The number of anilines is 1. The second-order valence-electron chi connectivity index (χ2n) is 12.1. The van der Waals surface area contributed by atoms with Crippen LogP contribution in [0.25, 0.3) is 0 Å². The van der Waals surface area contributed by atoms with Crippen LogP contribution in [0.4, 0.5) is 5.69 Å². The summed E-state index contributed by atoms with van der Waals surface area (Å²) in [7, 11) is 1.62. The highest BCUT2D eigenvalue weighted by atomic mass is 35.5. The summed E-state index contributed by atoms with van der Waals surface area (Å²) in [6.07, 6.45) is 0.838. The Kier molecular flexibility index (Phi) is 6.70. The molecule has 7 atom stereocenters. The van der Waals surface area contributed by atoms with Gasteiger partial charge in [-0.2, -0.15) is 0 Å². The Hall–Kier alpha value is -3.53. The van der Waals surface area contributed by atoms with E-state index in [4.69, 9.17) is 21.1 Å². The monoisotopic (exact) mass is 644 g/mol. The first-order valence-electron chi connectivity index (χ1n) is 14.7. The number of aromatic amines is 1. The Balaban J connectivity index is 1.15. The van der Waals surface area contributed by atoms with E-state index in [-0.39, 0.29) is 57.4 Å². The van der Waals surface area contributed by atoms with E-state index in [1.807, 2.05) is 73.7 Å². The van der Waals surface area contributed by atoms with Gasteiger partial charge in [0, 0.05) is 21.1 Å². The lowest BCUT2D eigenvalue weighted by Gasteiger charge is -2.43. The number of thiazole rings is 1. The highest BCUT2D eigenvalue weighted by molar-refractivity contribution is 8.00. The lowest BCUT2D eigenvalue weighted by Crippen LogP contribution is -2.42. The smallest absolute Gasteiger partial charge is 0.305 e. The fraction of sp³-hybridized carbons (Fsp3) is 0.324. The number of fused-ring (bicyclic) bond motifs is 9. The summed E-state index contributed by atoms with van der Waals surface area (Å²) in [5, 5.41) is 1.64. The average molecular weight is 645 g/mol. The quantitative estimate of drug-likeness (QED) is 0.236. The number of methoxy groups -OCH3 is 1. The van der Waals surface area contributed by atoms with Gasteiger partial charge in [-0.15, -0.1) is 11.8 Å². The van der Waals surface area contributed by atoms with Crippen LogP contribution in [0.5, 0.6) is 11.5 Å². The molecule has 1 N–H and O–H groups in total. The van der Waals surface area contributed by atoms with Crippen LogP contribution in [-0.4, -0.2) is 29.2 Å². The van der Waals surface area contributed by atoms with Crippen LogP contribution >= 0.6 is 34.7 Å². The number of nitrogens with one attached hydrogen (secondary N) is 1. The number of halogens is 1. The number of H-pyrrole nitrogens is 1. The van der Waals surface area contributed by atoms with Crippen molar-refractivity contribution in [3.05, 3.63) is 103 Å². The number of amides is 2. The molecule has 0 spiro atoms. The van der Waals surface area contributed by atoms with Crippen LogP contribution in [0.15, 0.2) is 76.6 Å². The van der Waals surface area contributed by atoms with Crippen LogP contribution < -0.4 is 19.2 Å². The van der Waals surface area contributed by atoms with Crippen molar-refractivity contribution in [2.24, 2.45) is 29.6 Å². The highest BCUT2D eigenvalue weighted by Crippen LogP contribution is 2.68. The van der Waals surface area contributed by atoms with E-state index in [9.17, 15) is 14.4 Å². The third kappa shape index (κ3) is 4.27. The lowest BCUT2D eigenvalue weighted by molar-refractivity contribution is -0.123. The Morgan fingerprint density at radius 1 is 0.955 bits per heavy atom. The molecule has 2 saturated carbocycles. The standard InChI is InChI=1S/C34H29ClN2O5S2/c1-16-6-9-20(10-7-16)37-32(38)27-21-14-22(28(27)33(37)39)29-26(21)25(30-31(43-29)36-34(40)44-30)18-8-11-23(24(13-18)41-2)42-15-17-4-3-5-19(35)12-17/h3-13,21-22,25-29H,14-15H2,1-2H3,(H,36,40)/t21-,22-,25+,26+,27+,28+,29-/m1/s1. The van der Waals surface area contributed by atoms with Gasteiger partial charge in [-0.25, -0.2) is 0 Å². The van der Waals surface area contributed by atoms with Crippen molar-refractivity contribution in [2.75, 3.05) is 12.0 Å². The molecule has 1 saturated heterocycles. The van der Waals surface area contributed by atoms with Crippen molar-refractivity contribution >= 4 is 52.2 Å². The van der Waals surface area contributed by atoms with Gasteiger partial charge in [0.1, 0.15) is 6.61 Å². The molecule has 4 aromatic rings. The zero-order valence-corrected chi connectivity index (χ0v) is 26.4. The molecule has 0 unspecified atom stereocenters. The Morgan fingerprint density at radius 2 is 1.73 bits per heavy atom. The number of hydrogen-bond acceptors (Lipinski definition) is 7. The van der Waals surface area contributed by atoms with Gasteiger partial charge in [0.2, 0.25) is 11.8 Å². The van der Waals surface area contributed by atoms with E-state index in [1.165, 1.54) is 16.2 Å². The molecule has 224 valence electrons. The number of aromatic nitrogens is 1.